The molecular weight excluding hydrogens is 304 g/mol. The number of sulfone groups is 1. The Morgan fingerprint density at radius 1 is 1.47 bits per heavy atom. The fourth-order valence-corrected chi connectivity index (χ4v) is 3.58. The second kappa shape index (κ2) is 5.43. The molecule has 2 rings (SSSR count). The molecule has 0 saturated heterocycles. The summed E-state index contributed by atoms with van der Waals surface area (Å²) < 4.78 is 26.3. The van der Waals surface area contributed by atoms with Crippen LogP contribution in [-0.2, 0) is 9.84 Å². The van der Waals surface area contributed by atoms with Gasteiger partial charge in [-0.15, -0.1) is 11.3 Å². The van der Waals surface area contributed by atoms with Crippen LogP contribution in [0.1, 0.15) is 5.69 Å². The molecule has 0 bridgehead atoms. The summed E-state index contributed by atoms with van der Waals surface area (Å²) in [5, 5.41) is 6.56. The highest BCUT2D eigenvalue weighted by molar-refractivity contribution is 7.90. The SMILES string of the molecule is Cc1csc(-c2c(N)nsc2NCCS(C)(=O)=O)n1. The molecule has 0 aliphatic carbocycles. The molecule has 0 spiro atoms. The topological polar surface area (TPSA) is 98.0 Å². The van der Waals surface area contributed by atoms with Gasteiger partial charge in [0.15, 0.2) is 0 Å². The number of nitrogens with one attached hydrogen (secondary N) is 1. The first-order valence-corrected chi connectivity index (χ1v) is 9.17. The van der Waals surface area contributed by atoms with Crippen molar-refractivity contribution in [3.05, 3.63) is 11.1 Å². The third-order valence-corrected chi connectivity index (χ3v) is 5.05. The molecule has 0 atom stereocenters. The molecule has 6 nitrogen and oxygen atoms in total. The van der Waals surface area contributed by atoms with Gasteiger partial charge in [0.05, 0.1) is 11.3 Å². The molecule has 0 aliphatic rings. The maximum atomic E-state index is 11.1. The van der Waals surface area contributed by atoms with E-state index in [2.05, 4.69) is 14.7 Å². The molecule has 0 radical (unpaired) electrons. The van der Waals surface area contributed by atoms with Crippen molar-refractivity contribution >= 4 is 43.5 Å². The Labute approximate surface area is 119 Å². The lowest BCUT2D eigenvalue weighted by Gasteiger charge is -2.04. The molecule has 0 amide bonds. The van der Waals surface area contributed by atoms with Crippen LogP contribution in [0, 0.1) is 6.92 Å². The summed E-state index contributed by atoms with van der Waals surface area (Å²) in [6, 6.07) is 0. The molecule has 3 N–H and O–H groups in total. The van der Waals surface area contributed by atoms with Crippen molar-refractivity contribution in [1.29, 1.82) is 0 Å². The van der Waals surface area contributed by atoms with Gasteiger partial charge in [-0.3, -0.25) is 0 Å². The van der Waals surface area contributed by atoms with E-state index in [0.717, 1.165) is 21.3 Å². The molecule has 0 aromatic carbocycles. The Morgan fingerprint density at radius 2 is 2.21 bits per heavy atom. The fraction of sp³-hybridized carbons (Fsp3) is 0.400. The van der Waals surface area contributed by atoms with Crippen LogP contribution in [0.4, 0.5) is 10.8 Å². The van der Waals surface area contributed by atoms with E-state index in [1.165, 1.54) is 29.1 Å². The van der Waals surface area contributed by atoms with Gasteiger partial charge >= 0.3 is 0 Å². The number of rotatable bonds is 5. The molecule has 0 aliphatic heterocycles. The fourth-order valence-electron chi connectivity index (χ4n) is 1.45. The van der Waals surface area contributed by atoms with Crippen molar-refractivity contribution in [3.8, 4) is 10.6 Å². The summed E-state index contributed by atoms with van der Waals surface area (Å²) in [4.78, 5) is 4.38. The zero-order valence-corrected chi connectivity index (χ0v) is 13.0. The molecule has 0 saturated carbocycles. The van der Waals surface area contributed by atoms with E-state index in [-0.39, 0.29) is 5.75 Å². The predicted molar refractivity (Wildman–Crippen MR) is 80.6 cm³/mol. The van der Waals surface area contributed by atoms with E-state index in [9.17, 15) is 8.42 Å². The van der Waals surface area contributed by atoms with Crippen LogP contribution in [0.3, 0.4) is 0 Å². The number of hydrogen-bond donors (Lipinski definition) is 2. The molecule has 0 unspecified atom stereocenters. The summed E-state index contributed by atoms with van der Waals surface area (Å²) in [6.45, 7) is 2.24. The molecule has 19 heavy (non-hydrogen) atoms. The van der Waals surface area contributed by atoms with Gasteiger partial charge in [-0.1, -0.05) is 0 Å². The monoisotopic (exact) mass is 318 g/mol. The Balaban J connectivity index is 2.19. The van der Waals surface area contributed by atoms with Crippen LogP contribution < -0.4 is 11.1 Å². The summed E-state index contributed by atoms with van der Waals surface area (Å²) in [6.07, 6.45) is 1.21. The van der Waals surface area contributed by atoms with Crippen LogP contribution >= 0.6 is 22.9 Å². The Morgan fingerprint density at radius 3 is 2.79 bits per heavy atom. The smallest absolute Gasteiger partial charge is 0.149 e. The van der Waals surface area contributed by atoms with Crippen LogP contribution in [0.2, 0.25) is 0 Å². The molecule has 2 aromatic rings. The predicted octanol–water partition coefficient (Wildman–Crippen LogP) is 1.61. The first-order valence-electron chi connectivity index (χ1n) is 5.46. The summed E-state index contributed by atoms with van der Waals surface area (Å²) in [5.41, 5.74) is 7.53. The first-order chi connectivity index (χ1) is 8.87. The minimum absolute atomic E-state index is 0.0706. The molecule has 0 fully saturated rings. The van der Waals surface area contributed by atoms with Crippen LogP contribution in [0.5, 0.6) is 0 Å². The number of aryl methyl sites for hydroxylation is 1. The van der Waals surface area contributed by atoms with Gasteiger partial charge in [0, 0.05) is 23.9 Å². The van der Waals surface area contributed by atoms with E-state index >= 15 is 0 Å². The van der Waals surface area contributed by atoms with E-state index < -0.39 is 9.84 Å². The summed E-state index contributed by atoms with van der Waals surface area (Å²) in [7, 11) is -2.98. The lowest BCUT2D eigenvalue weighted by atomic mass is 10.3. The highest BCUT2D eigenvalue weighted by atomic mass is 32.2. The van der Waals surface area contributed by atoms with Crippen LogP contribution in [-0.4, -0.2) is 36.3 Å². The molecule has 9 heteroatoms. The van der Waals surface area contributed by atoms with E-state index in [4.69, 9.17) is 5.73 Å². The largest absolute Gasteiger partial charge is 0.382 e. The third kappa shape index (κ3) is 3.64. The van der Waals surface area contributed by atoms with Crippen molar-refractivity contribution in [3.63, 3.8) is 0 Å². The normalized spacial score (nSPS) is 11.7. The van der Waals surface area contributed by atoms with Crippen molar-refractivity contribution in [2.24, 2.45) is 0 Å². The van der Waals surface area contributed by atoms with Crippen molar-refractivity contribution in [2.45, 2.75) is 6.92 Å². The highest BCUT2D eigenvalue weighted by Gasteiger charge is 2.16. The van der Waals surface area contributed by atoms with Gasteiger partial charge in [-0.25, -0.2) is 13.4 Å². The van der Waals surface area contributed by atoms with Gasteiger partial charge in [-0.2, -0.15) is 4.37 Å². The lowest BCUT2D eigenvalue weighted by molar-refractivity contribution is 0.602. The summed E-state index contributed by atoms with van der Waals surface area (Å²) in [5.74, 6) is 0.488. The second-order valence-electron chi connectivity index (χ2n) is 4.12. The number of nitrogens with zero attached hydrogens (tertiary/aromatic N) is 2. The number of nitrogens with two attached hydrogens (primary N) is 1. The standard InChI is InChI=1S/C10H14N4O2S3/c1-6-5-17-10(13-6)7-8(11)14-18-9(7)12-3-4-19(2,15)16/h5,12H,3-4H2,1-2H3,(H2,11,14). The first kappa shape index (κ1) is 14.2. The number of thiazole rings is 1. The minimum Gasteiger partial charge on any atom is -0.382 e. The molecular formula is C10H14N4O2S3. The van der Waals surface area contributed by atoms with Gasteiger partial charge in [0.25, 0.3) is 0 Å². The van der Waals surface area contributed by atoms with E-state index in [1.807, 2.05) is 12.3 Å². The van der Waals surface area contributed by atoms with Crippen LogP contribution in [0.15, 0.2) is 5.38 Å². The molecule has 2 heterocycles. The Bertz CT molecular complexity index is 675. The maximum Gasteiger partial charge on any atom is 0.149 e. The second-order valence-corrected chi connectivity index (χ2v) is 8.01. The zero-order valence-electron chi connectivity index (χ0n) is 10.5. The van der Waals surface area contributed by atoms with E-state index in [1.54, 1.807) is 0 Å². The molecule has 2 aromatic heterocycles. The van der Waals surface area contributed by atoms with Crippen molar-refractivity contribution < 1.29 is 8.42 Å². The van der Waals surface area contributed by atoms with Crippen molar-refractivity contribution in [1.82, 2.24) is 9.36 Å². The van der Waals surface area contributed by atoms with Gasteiger partial charge in [0.1, 0.15) is 25.7 Å². The third-order valence-electron chi connectivity index (χ3n) is 2.31. The lowest BCUT2D eigenvalue weighted by Crippen LogP contribution is -2.13. The number of hydrogen-bond acceptors (Lipinski definition) is 8. The summed E-state index contributed by atoms with van der Waals surface area (Å²) >= 11 is 2.71. The van der Waals surface area contributed by atoms with Crippen LogP contribution in [0.25, 0.3) is 10.6 Å². The highest BCUT2D eigenvalue weighted by Crippen LogP contribution is 2.38. The van der Waals surface area contributed by atoms with E-state index in [0.29, 0.717) is 12.4 Å². The van der Waals surface area contributed by atoms with Gasteiger partial charge in [-0.05, 0) is 18.5 Å². The van der Waals surface area contributed by atoms with Gasteiger partial charge < -0.3 is 11.1 Å². The molecule has 104 valence electrons. The zero-order chi connectivity index (χ0) is 14.0. The number of anilines is 2. The Hall–Kier alpha value is -1.19. The average molecular weight is 318 g/mol. The minimum atomic E-state index is -2.98. The average Bonchev–Trinajstić information content (AvgIpc) is 2.84. The quantitative estimate of drug-likeness (QED) is 0.869. The van der Waals surface area contributed by atoms with Crippen molar-refractivity contribution in [2.75, 3.05) is 29.6 Å². The maximum absolute atomic E-state index is 11.1. The van der Waals surface area contributed by atoms with Gasteiger partial charge in [0.2, 0.25) is 0 Å². The Kier molecular flexibility index (Phi) is 4.07. The number of aromatic nitrogens is 2. The number of nitrogen functional groups attached to an aromatic ring is 1.